The van der Waals surface area contributed by atoms with Crippen LogP contribution in [0.15, 0.2) is 0 Å². The third kappa shape index (κ3) is 5.15. The molecule has 2 fully saturated rings. The lowest BCUT2D eigenvalue weighted by molar-refractivity contribution is -0.301. The van der Waals surface area contributed by atoms with Crippen molar-refractivity contribution in [1.29, 1.82) is 0 Å². The molecular weight excluding hydrogens is 358 g/mol. The van der Waals surface area contributed by atoms with Crippen LogP contribution in [-0.4, -0.2) is 99.2 Å². The van der Waals surface area contributed by atoms with Crippen LogP contribution in [0.3, 0.4) is 0 Å². The number of nitrogens with one attached hydrogen (secondary N) is 1. The van der Waals surface area contributed by atoms with Crippen LogP contribution in [0.2, 0.25) is 0 Å². The molecule has 0 amide bonds. The van der Waals surface area contributed by atoms with Gasteiger partial charge in [0.25, 0.3) is 0 Å². The molecule has 0 aromatic carbocycles. The molecule has 1 aliphatic heterocycles. The molecule has 1 heterocycles. The van der Waals surface area contributed by atoms with Gasteiger partial charge in [-0.1, -0.05) is 13.8 Å². The van der Waals surface area contributed by atoms with Crippen LogP contribution in [0.25, 0.3) is 0 Å². The number of aliphatic hydroxyl groups excluding tert-OH is 5. The monoisotopic (exact) mass is 393 g/mol. The van der Waals surface area contributed by atoms with E-state index < -0.39 is 61.1 Å². The number of ether oxygens (including phenoxy) is 2. The van der Waals surface area contributed by atoms with Crippen LogP contribution in [0.1, 0.15) is 27.2 Å². The standard InChI is InChI=1S/C17H35N3O7/c1-6(2)5-20-9-4-8(18)16(13(24)11(9)22)27-17-10(19)12(23)14(25)15(26-17)7(3)21/h6-17,20-25H,4-5,18-19H2,1-3H3/t7-,8?,9?,10+,11-,12?,13-,14+,15?,16-,17-/m1/s1. The highest BCUT2D eigenvalue weighted by molar-refractivity contribution is 5.00. The van der Waals surface area contributed by atoms with Gasteiger partial charge in [0.1, 0.15) is 30.5 Å². The molecule has 2 rings (SSSR count). The maximum absolute atomic E-state index is 10.5. The fraction of sp³-hybridized carbons (Fsp3) is 1.00. The van der Waals surface area contributed by atoms with Gasteiger partial charge in [-0.3, -0.25) is 0 Å². The molecule has 2 aliphatic rings. The van der Waals surface area contributed by atoms with Gasteiger partial charge in [-0.15, -0.1) is 0 Å². The molecule has 0 spiro atoms. The lowest BCUT2D eigenvalue weighted by Crippen LogP contribution is -2.68. The quantitative estimate of drug-likeness (QED) is 0.226. The van der Waals surface area contributed by atoms with E-state index in [4.69, 9.17) is 20.9 Å². The van der Waals surface area contributed by atoms with Crippen LogP contribution in [0, 0.1) is 5.92 Å². The molecule has 10 heteroatoms. The summed E-state index contributed by atoms with van der Waals surface area (Å²) in [7, 11) is 0. The SMILES string of the molecule is CC(C)CNC1CC(N)[C@@H](O[C@H]2OC([C@@H](C)O)[C@@H](O)C(O)[C@@H]2N)[C@H](O)[C@@H]1O. The predicted molar refractivity (Wildman–Crippen MR) is 96.4 cm³/mol. The highest BCUT2D eigenvalue weighted by Gasteiger charge is 2.49. The summed E-state index contributed by atoms with van der Waals surface area (Å²) in [6.45, 7) is 6.14. The van der Waals surface area contributed by atoms with E-state index in [2.05, 4.69) is 5.32 Å². The summed E-state index contributed by atoms with van der Waals surface area (Å²) in [6, 6.07) is -2.10. The van der Waals surface area contributed by atoms with Gasteiger partial charge in [-0.25, -0.2) is 0 Å². The second-order valence-corrected chi connectivity index (χ2v) is 8.16. The average molecular weight is 393 g/mol. The van der Waals surface area contributed by atoms with Gasteiger partial charge in [-0.05, 0) is 25.8 Å². The Bertz CT molecular complexity index is 470. The molecule has 0 radical (unpaired) electrons. The molecule has 27 heavy (non-hydrogen) atoms. The first kappa shape index (κ1) is 22.9. The van der Waals surface area contributed by atoms with Gasteiger partial charge in [0.2, 0.25) is 0 Å². The average Bonchev–Trinajstić information content (AvgIpc) is 2.59. The summed E-state index contributed by atoms with van der Waals surface area (Å²) in [4.78, 5) is 0. The van der Waals surface area contributed by atoms with Gasteiger partial charge in [0.05, 0.1) is 18.2 Å². The Morgan fingerprint density at radius 2 is 1.67 bits per heavy atom. The maximum Gasteiger partial charge on any atom is 0.176 e. The molecule has 0 aromatic rings. The molecule has 0 aromatic heterocycles. The summed E-state index contributed by atoms with van der Waals surface area (Å²) < 4.78 is 11.2. The van der Waals surface area contributed by atoms with E-state index in [0.29, 0.717) is 18.9 Å². The summed E-state index contributed by atoms with van der Waals surface area (Å²) in [6.07, 6.45) is -9.15. The first-order valence-corrected chi connectivity index (χ1v) is 9.50. The molecule has 10 N–H and O–H groups in total. The van der Waals surface area contributed by atoms with E-state index in [1.165, 1.54) is 6.92 Å². The first-order chi connectivity index (χ1) is 12.5. The smallest absolute Gasteiger partial charge is 0.176 e. The van der Waals surface area contributed by atoms with Gasteiger partial charge < -0.3 is 51.8 Å². The number of rotatable bonds is 6. The van der Waals surface area contributed by atoms with Crippen LogP contribution in [0.4, 0.5) is 0 Å². The molecule has 10 nitrogen and oxygen atoms in total. The van der Waals surface area contributed by atoms with Crippen molar-refractivity contribution in [3.05, 3.63) is 0 Å². The van der Waals surface area contributed by atoms with Crippen molar-refractivity contribution >= 4 is 0 Å². The predicted octanol–water partition coefficient (Wildman–Crippen LogP) is -3.41. The topological polar surface area (TPSA) is 184 Å². The molecule has 1 aliphatic carbocycles. The van der Waals surface area contributed by atoms with E-state index in [1.54, 1.807) is 0 Å². The maximum atomic E-state index is 10.5. The molecule has 4 unspecified atom stereocenters. The summed E-state index contributed by atoms with van der Waals surface area (Å²) >= 11 is 0. The van der Waals surface area contributed by atoms with Crippen LogP contribution < -0.4 is 16.8 Å². The number of hydrogen-bond acceptors (Lipinski definition) is 10. The Hall–Kier alpha value is -0.400. The van der Waals surface area contributed by atoms with Crippen LogP contribution in [-0.2, 0) is 9.47 Å². The summed E-state index contributed by atoms with van der Waals surface area (Å²) in [5.41, 5.74) is 12.0. The molecule has 160 valence electrons. The molecular formula is C17H35N3O7. The number of aliphatic hydroxyl groups is 5. The Morgan fingerprint density at radius 3 is 2.22 bits per heavy atom. The van der Waals surface area contributed by atoms with Crippen molar-refractivity contribution in [3.63, 3.8) is 0 Å². The van der Waals surface area contributed by atoms with Gasteiger partial charge >= 0.3 is 0 Å². The van der Waals surface area contributed by atoms with Crippen molar-refractivity contribution in [1.82, 2.24) is 5.32 Å². The van der Waals surface area contributed by atoms with Gasteiger partial charge in [-0.2, -0.15) is 0 Å². The van der Waals surface area contributed by atoms with Gasteiger partial charge in [0.15, 0.2) is 6.29 Å². The fourth-order valence-corrected chi connectivity index (χ4v) is 3.61. The zero-order chi connectivity index (χ0) is 20.5. The van der Waals surface area contributed by atoms with Gasteiger partial charge in [0, 0.05) is 12.1 Å². The third-order valence-corrected chi connectivity index (χ3v) is 5.29. The van der Waals surface area contributed by atoms with E-state index in [1.807, 2.05) is 13.8 Å². The van der Waals surface area contributed by atoms with Crippen molar-refractivity contribution in [2.75, 3.05) is 6.54 Å². The molecule has 11 atom stereocenters. The largest absolute Gasteiger partial charge is 0.391 e. The first-order valence-electron chi connectivity index (χ1n) is 9.50. The third-order valence-electron chi connectivity index (χ3n) is 5.29. The number of nitrogens with two attached hydrogens (primary N) is 2. The summed E-state index contributed by atoms with van der Waals surface area (Å²) in [5, 5.41) is 54.0. The summed E-state index contributed by atoms with van der Waals surface area (Å²) in [5.74, 6) is 0.374. The highest BCUT2D eigenvalue weighted by atomic mass is 16.7. The van der Waals surface area contributed by atoms with Crippen molar-refractivity contribution in [3.8, 4) is 0 Å². The zero-order valence-electron chi connectivity index (χ0n) is 16.0. The lowest BCUT2D eigenvalue weighted by atomic mass is 9.83. The van der Waals surface area contributed by atoms with Crippen molar-refractivity contribution in [2.45, 2.75) is 94.3 Å². The lowest BCUT2D eigenvalue weighted by Gasteiger charge is -2.47. The second kappa shape index (κ2) is 9.40. The minimum Gasteiger partial charge on any atom is -0.391 e. The number of hydrogen-bond donors (Lipinski definition) is 8. The normalized spacial score (nSPS) is 47.2. The zero-order valence-corrected chi connectivity index (χ0v) is 16.0. The fourth-order valence-electron chi connectivity index (χ4n) is 3.61. The highest BCUT2D eigenvalue weighted by Crippen LogP contribution is 2.28. The molecule has 0 bridgehead atoms. The Balaban J connectivity index is 2.05. The van der Waals surface area contributed by atoms with E-state index in [9.17, 15) is 25.5 Å². The minimum atomic E-state index is -1.38. The Morgan fingerprint density at radius 1 is 1.04 bits per heavy atom. The van der Waals surface area contributed by atoms with E-state index in [0.717, 1.165) is 0 Å². The second-order valence-electron chi connectivity index (χ2n) is 8.16. The van der Waals surface area contributed by atoms with Crippen LogP contribution in [0.5, 0.6) is 0 Å². The van der Waals surface area contributed by atoms with E-state index >= 15 is 0 Å². The van der Waals surface area contributed by atoms with Crippen molar-refractivity contribution < 1.29 is 35.0 Å². The van der Waals surface area contributed by atoms with Crippen molar-refractivity contribution in [2.24, 2.45) is 17.4 Å². The minimum absolute atomic E-state index is 0.364. The Labute approximate surface area is 159 Å². The van der Waals surface area contributed by atoms with Crippen LogP contribution >= 0.6 is 0 Å². The Kier molecular flexibility index (Phi) is 7.97. The van der Waals surface area contributed by atoms with E-state index in [-0.39, 0.29) is 6.04 Å². The molecule has 1 saturated carbocycles. The molecule has 1 saturated heterocycles.